The molecule has 0 amide bonds. The van der Waals surface area contributed by atoms with Gasteiger partial charge in [0.1, 0.15) is 11.5 Å². The van der Waals surface area contributed by atoms with Gasteiger partial charge in [0, 0.05) is 4.47 Å². The molecule has 0 atom stereocenters. The summed E-state index contributed by atoms with van der Waals surface area (Å²) in [5, 5.41) is 18.7. The van der Waals surface area contributed by atoms with E-state index in [9.17, 15) is 14.7 Å². The largest absolute Gasteiger partial charge is 0.507 e. The molecule has 0 aliphatic carbocycles. The van der Waals surface area contributed by atoms with Crippen molar-refractivity contribution >= 4 is 33.2 Å². The van der Waals surface area contributed by atoms with E-state index in [2.05, 4.69) is 20.8 Å². The lowest BCUT2D eigenvalue weighted by molar-refractivity contribution is 0.100. The Morgan fingerprint density at radius 1 is 0.828 bits per heavy atom. The lowest BCUT2D eigenvalue weighted by atomic mass is 10.0. The van der Waals surface area contributed by atoms with Gasteiger partial charge in [0.25, 0.3) is 0 Å². The predicted octanol–water partition coefficient (Wildman–Crippen LogP) is 6.17. The van der Waals surface area contributed by atoms with E-state index in [-0.39, 0.29) is 23.1 Å². The Labute approximate surface area is 177 Å². The molecule has 3 aromatic carbocycles. The summed E-state index contributed by atoms with van der Waals surface area (Å²) in [6.45, 7) is 9.81. The van der Waals surface area contributed by atoms with Crippen LogP contribution in [0.15, 0.2) is 65.1 Å². The van der Waals surface area contributed by atoms with Crippen LogP contribution >= 0.6 is 15.9 Å². The van der Waals surface area contributed by atoms with Crippen molar-refractivity contribution in [2.24, 2.45) is 0 Å². The standard InChI is InChI=1S/C15H11NO2.C8H7BrO2/c1-10(17)14-9-12(6-7-15(14)18)11-4-3-5-13(8-11)16-2;1-5(10)7-4-6(9)2-3-8(7)11/h3-9,18H,1H3;2-4,11H,1H3. The third kappa shape index (κ3) is 5.77. The first-order chi connectivity index (χ1) is 13.7. The Balaban J connectivity index is 0.000000234. The molecule has 0 radical (unpaired) electrons. The topological polar surface area (TPSA) is 79.0 Å². The van der Waals surface area contributed by atoms with Gasteiger partial charge in [-0.2, -0.15) is 0 Å². The number of hydrogen-bond donors (Lipinski definition) is 2. The summed E-state index contributed by atoms with van der Waals surface area (Å²) in [7, 11) is 0. The minimum atomic E-state index is -0.185. The molecule has 3 aromatic rings. The van der Waals surface area contributed by atoms with Crippen LogP contribution in [-0.2, 0) is 0 Å². The van der Waals surface area contributed by atoms with Crippen molar-refractivity contribution < 1.29 is 19.8 Å². The summed E-state index contributed by atoms with van der Waals surface area (Å²) >= 11 is 3.20. The Morgan fingerprint density at radius 2 is 1.38 bits per heavy atom. The van der Waals surface area contributed by atoms with Crippen molar-refractivity contribution in [1.29, 1.82) is 0 Å². The predicted molar refractivity (Wildman–Crippen MR) is 116 cm³/mol. The molecular formula is C23H18BrNO4. The maximum Gasteiger partial charge on any atom is 0.187 e. The molecule has 3 rings (SSSR count). The van der Waals surface area contributed by atoms with Crippen molar-refractivity contribution in [2.75, 3.05) is 0 Å². The zero-order valence-electron chi connectivity index (χ0n) is 15.8. The number of ketones is 2. The van der Waals surface area contributed by atoms with Gasteiger partial charge in [-0.1, -0.05) is 40.2 Å². The molecule has 29 heavy (non-hydrogen) atoms. The number of Topliss-reactive ketones (excluding diaryl/α,β-unsaturated/α-hetero) is 2. The van der Waals surface area contributed by atoms with Crippen molar-refractivity contribution in [1.82, 2.24) is 0 Å². The smallest absolute Gasteiger partial charge is 0.187 e. The zero-order chi connectivity index (χ0) is 21.6. The molecule has 146 valence electrons. The monoisotopic (exact) mass is 451 g/mol. The summed E-state index contributed by atoms with van der Waals surface area (Å²) < 4.78 is 0.792. The van der Waals surface area contributed by atoms with Crippen LogP contribution in [-0.4, -0.2) is 21.8 Å². The summed E-state index contributed by atoms with van der Waals surface area (Å²) in [6.07, 6.45) is 0. The molecule has 0 heterocycles. The van der Waals surface area contributed by atoms with Crippen LogP contribution in [0.1, 0.15) is 34.6 Å². The second-order valence-corrected chi connectivity index (χ2v) is 7.08. The first kappa shape index (κ1) is 21.9. The zero-order valence-corrected chi connectivity index (χ0v) is 17.4. The molecule has 0 saturated heterocycles. The average molecular weight is 452 g/mol. The van der Waals surface area contributed by atoms with E-state index < -0.39 is 0 Å². The number of phenolic OH excluding ortho intramolecular Hbond substituents is 2. The van der Waals surface area contributed by atoms with E-state index >= 15 is 0 Å². The van der Waals surface area contributed by atoms with Crippen LogP contribution in [0.2, 0.25) is 0 Å². The van der Waals surface area contributed by atoms with E-state index in [1.807, 2.05) is 6.07 Å². The van der Waals surface area contributed by atoms with Crippen molar-refractivity contribution in [3.63, 3.8) is 0 Å². The normalized spacial score (nSPS) is 9.72. The second kappa shape index (κ2) is 9.67. The lowest BCUT2D eigenvalue weighted by Crippen LogP contribution is -1.93. The number of carbonyl (C=O) groups is 2. The SMILES string of the molecule is CC(=O)c1cc(Br)ccc1O.[C-]#[N+]c1cccc(-c2ccc(O)c(C(C)=O)c2)c1. The number of nitrogens with zero attached hydrogens (tertiary/aromatic N) is 1. The first-order valence-corrected chi connectivity index (χ1v) is 9.33. The van der Waals surface area contributed by atoms with E-state index in [0.29, 0.717) is 16.8 Å². The van der Waals surface area contributed by atoms with E-state index in [1.54, 1.807) is 42.5 Å². The van der Waals surface area contributed by atoms with Crippen molar-refractivity contribution in [3.8, 4) is 22.6 Å². The molecule has 0 bridgehead atoms. The fraction of sp³-hybridized carbons (Fsp3) is 0.0870. The van der Waals surface area contributed by atoms with Gasteiger partial charge in [-0.05, 0) is 61.4 Å². The van der Waals surface area contributed by atoms with Crippen LogP contribution < -0.4 is 0 Å². The molecule has 5 nitrogen and oxygen atoms in total. The van der Waals surface area contributed by atoms with Gasteiger partial charge in [0.2, 0.25) is 0 Å². The van der Waals surface area contributed by atoms with Crippen LogP contribution in [0.4, 0.5) is 5.69 Å². The third-order valence-corrected chi connectivity index (χ3v) is 4.52. The number of rotatable bonds is 3. The molecule has 6 heteroatoms. The average Bonchev–Trinajstić information content (AvgIpc) is 2.70. The molecule has 0 aromatic heterocycles. The van der Waals surface area contributed by atoms with E-state index in [1.165, 1.54) is 26.0 Å². The Kier molecular flexibility index (Phi) is 7.29. The van der Waals surface area contributed by atoms with E-state index in [4.69, 9.17) is 11.7 Å². The van der Waals surface area contributed by atoms with E-state index in [0.717, 1.165) is 15.6 Å². The van der Waals surface area contributed by atoms with Gasteiger partial charge < -0.3 is 10.2 Å². The Morgan fingerprint density at radius 3 is 1.93 bits per heavy atom. The molecule has 2 N–H and O–H groups in total. The van der Waals surface area contributed by atoms with Gasteiger partial charge in [-0.25, -0.2) is 4.85 Å². The molecule has 0 aliphatic rings. The summed E-state index contributed by atoms with van der Waals surface area (Å²) in [4.78, 5) is 25.6. The minimum absolute atomic E-state index is 0.0208. The highest BCUT2D eigenvalue weighted by Gasteiger charge is 2.08. The van der Waals surface area contributed by atoms with Crippen molar-refractivity contribution in [3.05, 3.63) is 87.7 Å². The van der Waals surface area contributed by atoms with Crippen LogP contribution in [0.5, 0.6) is 11.5 Å². The maximum atomic E-state index is 11.4. The molecular weight excluding hydrogens is 434 g/mol. The number of benzene rings is 3. The van der Waals surface area contributed by atoms with Crippen LogP contribution in [0.3, 0.4) is 0 Å². The number of carbonyl (C=O) groups excluding carboxylic acids is 2. The fourth-order valence-corrected chi connectivity index (χ4v) is 2.90. The number of aromatic hydroxyl groups is 2. The Bertz CT molecular complexity index is 1120. The molecule has 0 spiro atoms. The maximum absolute atomic E-state index is 11.4. The number of phenols is 2. The summed E-state index contributed by atoms with van der Waals surface area (Å²) in [6, 6.07) is 16.8. The highest BCUT2D eigenvalue weighted by molar-refractivity contribution is 9.10. The highest BCUT2D eigenvalue weighted by atomic mass is 79.9. The summed E-state index contributed by atoms with van der Waals surface area (Å²) in [5.41, 5.74) is 2.85. The van der Waals surface area contributed by atoms with Crippen LogP contribution in [0, 0.1) is 6.57 Å². The lowest BCUT2D eigenvalue weighted by Gasteiger charge is -2.06. The third-order valence-electron chi connectivity index (χ3n) is 4.02. The van der Waals surface area contributed by atoms with Gasteiger partial charge in [-0.15, -0.1) is 0 Å². The molecule has 0 aliphatic heterocycles. The number of hydrogen-bond acceptors (Lipinski definition) is 4. The van der Waals surface area contributed by atoms with Gasteiger partial charge in [0.05, 0.1) is 17.7 Å². The highest BCUT2D eigenvalue weighted by Crippen LogP contribution is 2.28. The Hall–Kier alpha value is -3.43. The molecule has 0 saturated carbocycles. The first-order valence-electron chi connectivity index (χ1n) is 8.54. The van der Waals surface area contributed by atoms with Crippen LogP contribution in [0.25, 0.3) is 16.0 Å². The van der Waals surface area contributed by atoms with Gasteiger partial charge in [-0.3, -0.25) is 9.59 Å². The molecule has 0 unspecified atom stereocenters. The fourth-order valence-electron chi connectivity index (χ4n) is 2.54. The number of halogens is 1. The summed E-state index contributed by atoms with van der Waals surface area (Å²) in [5.74, 6) is -0.312. The second-order valence-electron chi connectivity index (χ2n) is 6.17. The molecule has 0 fully saturated rings. The van der Waals surface area contributed by atoms with Gasteiger partial charge >= 0.3 is 0 Å². The van der Waals surface area contributed by atoms with Crippen molar-refractivity contribution in [2.45, 2.75) is 13.8 Å². The van der Waals surface area contributed by atoms with Gasteiger partial charge in [0.15, 0.2) is 17.3 Å². The quantitative estimate of drug-likeness (QED) is 0.368. The minimum Gasteiger partial charge on any atom is -0.507 e.